The quantitative estimate of drug-likeness (QED) is 0.848. The van der Waals surface area contributed by atoms with E-state index in [9.17, 15) is 9.59 Å². The van der Waals surface area contributed by atoms with Crippen LogP contribution in [0.4, 0.5) is 0 Å². The van der Waals surface area contributed by atoms with Gasteiger partial charge in [-0.3, -0.25) is 4.79 Å². The number of carboxylic acid groups (broad SMARTS) is 1. The number of aliphatic carboxylic acids is 1. The molecule has 19 heavy (non-hydrogen) atoms. The zero-order valence-electron chi connectivity index (χ0n) is 11.1. The highest BCUT2D eigenvalue weighted by atomic mass is 16.4. The standard InChI is InChI=1S/C14H18N2O3/c1-9(14(18)19)16(2)13(17)11-4-3-10-5-6-15-8-12(10)7-11/h3-4,7,9,15H,5-6,8H2,1-2H3,(H,18,19). The van der Waals surface area contributed by atoms with Gasteiger partial charge >= 0.3 is 5.97 Å². The number of likely N-dealkylation sites (N-methyl/N-ethyl adjacent to an activating group) is 1. The van der Waals surface area contributed by atoms with Gasteiger partial charge in [0.15, 0.2) is 0 Å². The molecule has 1 unspecified atom stereocenters. The Balaban J connectivity index is 2.22. The molecule has 1 aliphatic heterocycles. The second kappa shape index (κ2) is 5.40. The maximum absolute atomic E-state index is 12.2. The highest BCUT2D eigenvalue weighted by Gasteiger charge is 2.23. The molecule has 2 N–H and O–H groups in total. The Morgan fingerprint density at radius 3 is 2.79 bits per heavy atom. The topological polar surface area (TPSA) is 69.6 Å². The Labute approximate surface area is 112 Å². The molecular weight excluding hydrogens is 244 g/mol. The monoisotopic (exact) mass is 262 g/mol. The van der Waals surface area contributed by atoms with E-state index in [0.717, 1.165) is 25.1 Å². The van der Waals surface area contributed by atoms with E-state index in [4.69, 9.17) is 5.11 Å². The first-order chi connectivity index (χ1) is 9.00. The van der Waals surface area contributed by atoms with E-state index in [-0.39, 0.29) is 5.91 Å². The van der Waals surface area contributed by atoms with Crippen LogP contribution in [0.3, 0.4) is 0 Å². The van der Waals surface area contributed by atoms with Gasteiger partial charge < -0.3 is 15.3 Å². The molecule has 1 atom stereocenters. The third-order valence-corrected chi connectivity index (χ3v) is 3.60. The molecule has 5 nitrogen and oxygen atoms in total. The fourth-order valence-electron chi connectivity index (χ4n) is 2.16. The second-order valence-corrected chi connectivity index (χ2v) is 4.84. The third-order valence-electron chi connectivity index (χ3n) is 3.60. The summed E-state index contributed by atoms with van der Waals surface area (Å²) in [7, 11) is 1.51. The minimum Gasteiger partial charge on any atom is -0.480 e. The maximum Gasteiger partial charge on any atom is 0.326 e. The summed E-state index contributed by atoms with van der Waals surface area (Å²) in [5.41, 5.74) is 2.91. The molecule has 0 aromatic heterocycles. The third kappa shape index (κ3) is 2.76. The average molecular weight is 262 g/mol. The summed E-state index contributed by atoms with van der Waals surface area (Å²) < 4.78 is 0. The number of hydrogen-bond donors (Lipinski definition) is 2. The molecule has 1 amide bonds. The Morgan fingerprint density at radius 2 is 2.11 bits per heavy atom. The number of carbonyl (C=O) groups excluding carboxylic acids is 1. The smallest absolute Gasteiger partial charge is 0.326 e. The first-order valence-electron chi connectivity index (χ1n) is 6.33. The normalized spacial score (nSPS) is 15.5. The van der Waals surface area contributed by atoms with Gasteiger partial charge in [-0.1, -0.05) is 6.07 Å². The fraction of sp³-hybridized carbons (Fsp3) is 0.429. The molecule has 1 aromatic rings. The number of fused-ring (bicyclic) bond motifs is 1. The van der Waals surface area contributed by atoms with Crippen molar-refractivity contribution in [3.05, 3.63) is 34.9 Å². The van der Waals surface area contributed by atoms with Crippen LogP contribution in [0.1, 0.15) is 28.4 Å². The molecule has 5 heteroatoms. The molecule has 0 spiro atoms. The van der Waals surface area contributed by atoms with E-state index in [1.807, 2.05) is 12.1 Å². The summed E-state index contributed by atoms with van der Waals surface area (Å²) in [5.74, 6) is -1.27. The van der Waals surface area contributed by atoms with Crippen LogP contribution in [0.5, 0.6) is 0 Å². The number of hydrogen-bond acceptors (Lipinski definition) is 3. The Kier molecular flexibility index (Phi) is 3.85. The molecule has 1 heterocycles. The van der Waals surface area contributed by atoms with Gasteiger partial charge in [0.05, 0.1) is 0 Å². The van der Waals surface area contributed by atoms with Gasteiger partial charge in [0.25, 0.3) is 5.91 Å². The molecule has 0 aliphatic carbocycles. The largest absolute Gasteiger partial charge is 0.480 e. The van der Waals surface area contributed by atoms with Crippen molar-refractivity contribution in [1.29, 1.82) is 0 Å². The minimum absolute atomic E-state index is 0.261. The highest BCUT2D eigenvalue weighted by Crippen LogP contribution is 2.17. The molecule has 0 fully saturated rings. The molecule has 102 valence electrons. The van der Waals surface area contributed by atoms with Crippen molar-refractivity contribution in [2.75, 3.05) is 13.6 Å². The number of amides is 1. The number of nitrogens with one attached hydrogen (secondary N) is 1. The van der Waals surface area contributed by atoms with E-state index in [1.165, 1.54) is 24.4 Å². The molecule has 0 radical (unpaired) electrons. The van der Waals surface area contributed by atoms with Crippen molar-refractivity contribution in [2.24, 2.45) is 0 Å². The maximum atomic E-state index is 12.2. The van der Waals surface area contributed by atoms with Crippen molar-refractivity contribution in [3.8, 4) is 0 Å². The van der Waals surface area contributed by atoms with E-state index >= 15 is 0 Å². The summed E-state index contributed by atoms with van der Waals surface area (Å²) in [6.07, 6.45) is 0.963. The van der Waals surface area contributed by atoms with Crippen LogP contribution in [-0.2, 0) is 17.8 Å². The summed E-state index contributed by atoms with van der Waals surface area (Å²) in [4.78, 5) is 24.4. The van der Waals surface area contributed by atoms with Crippen molar-refractivity contribution >= 4 is 11.9 Å². The van der Waals surface area contributed by atoms with E-state index < -0.39 is 12.0 Å². The van der Waals surface area contributed by atoms with Gasteiger partial charge in [-0.15, -0.1) is 0 Å². The van der Waals surface area contributed by atoms with Gasteiger partial charge in [0, 0.05) is 19.2 Å². The zero-order valence-corrected chi connectivity index (χ0v) is 11.1. The molecular formula is C14H18N2O3. The zero-order chi connectivity index (χ0) is 14.0. The SMILES string of the molecule is CC(C(=O)O)N(C)C(=O)c1ccc2c(c1)CNCC2. The van der Waals surface area contributed by atoms with Crippen LogP contribution in [0.15, 0.2) is 18.2 Å². The Bertz CT molecular complexity index is 513. The number of nitrogens with zero attached hydrogens (tertiary/aromatic N) is 1. The van der Waals surface area contributed by atoms with E-state index in [0.29, 0.717) is 5.56 Å². The lowest BCUT2D eigenvalue weighted by atomic mass is 9.98. The lowest BCUT2D eigenvalue weighted by Gasteiger charge is -2.23. The van der Waals surface area contributed by atoms with Crippen LogP contribution >= 0.6 is 0 Å². The van der Waals surface area contributed by atoms with Crippen LogP contribution < -0.4 is 5.32 Å². The number of carboxylic acids is 1. The highest BCUT2D eigenvalue weighted by molar-refractivity contribution is 5.96. The molecule has 0 bridgehead atoms. The Hall–Kier alpha value is -1.88. The van der Waals surface area contributed by atoms with E-state index in [2.05, 4.69) is 5.32 Å². The van der Waals surface area contributed by atoms with E-state index in [1.54, 1.807) is 6.07 Å². The molecule has 0 saturated heterocycles. The van der Waals surface area contributed by atoms with Gasteiger partial charge in [0.1, 0.15) is 6.04 Å². The minimum atomic E-state index is -1.00. The lowest BCUT2D eigenvalue weighted by molar-refractivity contribution is -0.141. The van der Waals surface area contributed by atoms with Crippen molar-refractivity contribution in [3.63, 3.8) is 0 Å². The van der Waals surface area contributed by atoms with Gasteiger partial charge in [-0.05, 0) is 43.1 Å². The lowest BCUT2D eigenvalue weighted by Crippen LogP contribution is -2.40. The van der Waals surface area contributed by atoms with Crippen LogP contribution in [0.25, 0.3) is 0 Å². The van der Waals surface area contributed by atoms with Gasteiger partial charge in [-0.2, -0.15) is 0 Å². The predicted octanol–water partition coefficient (Wildman–Crippen LogP) is 0.877. The van der Waals surface area contributed by atoms with Gasteiger partial charge in [-0.25, -0.2) is 4.79 Å². The average Bonchev–Trinajstić information content (AvgIpc) is 2.44. The van der Waals surface area contributed by atoms with Crippen molar-refractivity contribution in [2.45, 2.75) is 25.9 Å². The summed E-state index contributed by atoms with van der Waals surface area (Å²) in [6.45, 7) is 3.21. The molecule has 1 aromatic carbocycles. The summed E-state index contributed by atoms with van der Waals surface area (Å²) in [5, 5.41) is 12.2. The van der Waals surface area contributed by atoms with Gasteiger partial charge in [0.2, 0.25) is 0 Å². The Morgan fingerprint density at radius 1 is 1.37 bits per heavy atom. The number of rotatable bonds is 3. The first-order valence-corrected chi connectivity index (χ1v) is 6.33. The molecule has 2 rings (SSSR count). The van der Waals surface area contributed by atoms with Crippen LogP contribution in [0, 0.1) is 0 Å². The second-order valence-electron chi connectivity index (χ2n) is 4.84. The van der Waals surface area contributed by atoms with Crippen molar-refractivity contribution < 1.29 is 14.7 Å². The summed E-state index contributed by atoms with van der Waals surface area (Å²) in [6, 6.07) is 4.76. The van der Waals surface area contributed by atoms with Crippen LogP contribution in [-0.4, -0.2) is 41.5 Å². The fourth-order valence-corrected chi connectivity index (χ4v) is 2.16. The predicted molar refractivity (Wildman–Crippen MR) is 71.0 cm³/mol. The summed E-state index contributed by atoms with van der Waals surface area (Å²) >= 11 is 0. The first kappa shape index (κ1) is 13.5. The van der Waals surface area contributed by atoms with Crippen LogP contribution in [0.2, 0.25) is 0 Å². The number of carbonyl (C=O) groups is 2. The molecule has 1 aliphatic rings. The number of benzene rings is 1. The molecule has 0 saturated carbocycles. The van der Waals surface area contributed by atoms with Crippen molar-refractivity contribution in [1.82, 2.24) is 10.2 Å².